The van der Waals surface area contributed by atoms with Crippen LogP contribution >= 0.6 is 23.2 Å². The number of carbonyl (C=O) groups is 1. The second kappa shape index (κ2) is 5.51. The minimum Gasteiger partial charge on any atom is -0.356 e. The van der Waals surface area contributed by atoms with E-state index in [0.29, 0.717) is 16.6 Å². The topological polar surface area (TPSA) is 45.2 Å². The molecule has 0 bridgehead atoms. The van der Waals surface area contributed by atoms with E-state index in [1.54, 1.807) is 12.4 Å². The van der Waals surface area contributed by atoms with Crippen LogP contribution in [-0.2, 0) is 11.3 Å². The van der Waals surface area contributed by atoms with E-state index in [2.05, 4.69) is 15.2 Å². The molecule has 1 N–H and O–H groups in total. The normalized spacial score (nSPS) is 27.0. The molecule has 0 radical (unpaired) electrons. The minimum atomic E-state index is -0.204. The van der Waals surface area contributed by atoms with Crippen molar-refractivity contribution < 1.29 is 4.79 Å². The fourth-order valence-electron chi connectivity index (χ4n) is 3.23. The minimum absolute atomic E-state index is 0.204. The summed E-state index contributed by atoms with van der Waals surface area (Å²) in [5.74, 6) is 0.207. The van der Waals surface area contributed by atoms with Crippen molar-refractivity contribution in [3.63, 3.8) is 0 Å². The van der Waals surface area contributed by atoms with Crippen LogP contribution < -0.4 is 5.32 Å². The zero-order chi connectivity index (χ0) is 14.2. The number of likely N-dealkylation sites (tertiary alicyclic amines) is 1. The summed E-state index contributed by atoms with van der Waals surface area (Å²) in [6.45, 7) is 3.17. The van der Waals surface area contributed by atoms with E-state index < -0.39 is 0 Å². The van der Waals surface area contributed by atoms with Gasteiger partial charge in [0.05, 0.1) is 15.5 Å². The Kier molecular flexibility index (Phi) is 3.89. The second-order valence-electron chi connectivity index (χ2n) is 5.68. The highest BCUT2D eigenvalue weighted by Gasteiger charge is 2.45. The molecule has 20 heavy (non-hydrogen) atoms. The van der Waals surface area contributed by atoms with Crippen molar-refractivity contribution in [2.75, 3.05) is 19.6 Å². The Morgan fingerprint density at radius 1 is 1.30 bits per heavy atom. The number of nitrogens with zero attached hydrogens (tertiary/aromatic N) is 2. The number of pyridine rings is 1. The van der Waals surface area contributed by atoms with Crippen molar-refractivity contribution in [2.24, 2.45) is 5.41 Å². The molecule has 3 heterocycles. The van der Waals surface area contributed by atoms with Crippen molar-refractivity contribution in [3.05, 3.63) is 28.0 Å². The van der Waals surface area contributed by atoms with Crippen LogP contribution in [-0.4, -0.2) is 35.4 Å². The van der Waals surface area contributed by atoms with Gasteiger partial charge in [-0.25, -0.2) is 0 Å². The van der Waals surface area contributed by atoms with Gasteiger partial charge in [0, 0.05) is 37.6 Å². The van der Waals surface area contributed by atoms with Crippen molar-refractivity contribution >= 4 is 29.1 Å². The van der Waals surface area contributed by atoms with Gasteiger partial charge in [0.1, 0.15) is 0 Å². The Hall–Kier alpha value is -0.840. The molecule has 2 fully saturated rings. The Morgan fingerprint density at radius 3 is 2.75 bits per heavy atom. The first-order chi connectivity index (χ1) is 9.61. The third-order valence-corrected chi connectivity index (χ3v) is 5.02. The number of hydrogen-bond acceptors (Lipinski definition) is 3. The van der Waals surface area contributed by atoms with Gasteiger partial charge in [0.15, 0.2) is 0 Å². The van der Waals surface area contributed by atoms with Crippen LogP contribution in [0.5, 0.6) is 0 Å². The van der Waals surface area contributed by atoms with Gasteiger partial charge in [-0.05, 0) is 25.8 Å². The molecule has 2 aliphatic heterocycles. The van der Waals surface area contributed by atoms with Gasteiger partial charge >= 0.3 is 0 Å². The Balaban J connectivity index is 1.73. The summed E-state index contributed by atoms with van der Waals surface area (Å²) in [5, 5.41) is 4.17. The van der Waals surface area contributed by atoms with Gasteiger partial charge in [-0.2, -0.15) is 0 Å². The zero-order valence-electron chi connectivity index (χ0n) is 11.2. The monoisotopic (exact) mass is 313 g/mol. The van der Waals surface area contributed by atoms with Crippen LogP contribution in [0.4, 0.5) is 0 Å². The van der Waals surface area contributed by atoms with Crippen molar-refractivity contribution in [3.8, 4) is 0 Å². The van der Waals surface area contributed by atoms with Gasteiger partial charge < -0.3 is 5.32 Å². The van der Waals surface area contributed by atoms with Crippen molar-refractivity contribution in [1.29, 1.82) is 0 Å². The van der Waals surface area contributed by atoms with Gasteiger partial charge in [0.2, 0.25) is 5.91 Å². The lowest BCUT2D eigenvalue weighted by atomic mass is 9.79. The molecule has 108 valence electrons. The largest absolute Gasteiger partial charge is 0.356 e. The molecule has 4 nitrogen and oxygen atoms in total. The number of rotatable bonds is 2. The summed E-state index contributed by atoms with van der Waals surface area (Å²) in [5.41, 5.74) is 0.695. The van der Waals surface area contributed by atoms with Gasteiger partial charge in [0.25, 0.3) is 0 Å². The summed E-state index contributed by atoms with van der Waals surface area (Å²) in [7, 11) is 0. The predicted octanol–water partition coefficient (Wildman–Crippen LogP) is 2.49. The summed E-state index contributed by atoms with van der Waals surface area (Å²) < 4.78 is 0. The highest BCUT2D eigenvalue weighted by Crippen LogP contribution is 2.38. The predicted molar refractivity (Wildman–Crippen MR) is 78.8 cm³/mol. The smallest absolute Gasteiger partial charge is 0.227 e. The quantitative estimate of drug-likeness (QED) is 0.912. The fraction of sp³-hybridized carbons (Fsp3) is 0.571. The maximum atomic E-state index is 12.2. The first-order valence-electron chi connectivity index (χ1n) is 6.89. The van der Waals surface area contributed by atoms with Gasteiger partial charge in [-0.3, -0.25) is 14.7 Å². The van der Waals surface area contributed by atoms with Crippen LogP contribution in [0.2, 0.25) is 10.0 Å². The third-order valence-electron chi connectivity index (χ3n) is 4.37. The first kappa shape index (κ1) is 14.1. The Bertz CT molecular complexity index is 517. The number of aromatic nitrogens is 1. The molecule has 0 aliphatic carbocycles. The number of piperidine rings is 1. The van der Waals surface area contributed by atoms with E-state index in [1.807, 2.05) is 0 Å². The summed E-state index contributed by atoms with van der Waals surface area (Å²) in [4.78, 5) is 18.4. The average molecular weight is 314 g/mol. The Morgan fingerprint density at radius 2 is 2.05 bits per heavy atom. The molecule has 6 heteroatoms. The number of halogens is 2. The molecule has 1 atom stereocenters. The van der Waals surface area contributed by atoms with Gasteiger partial charge in [-0.15, -0.1) is 0 Å². The molecular formula is C14H17Cl2N3O. The number of hydrogen-bond donors (Lipinski definition) is 1. The lowest BCUT2D eigenvalue weighted by Gasteiger charge is -2.32. The van der Waals surface area contributed by atoms with Crippen LogP contribution in [0.15, 0.2) is 12.4 Å². The molecule has 1 unspecified atom stereocenters. The van der Waals surface area contributed by atoms with Gasteiger partial charge in [-0.1, -0.05) is 23.2 Å². The molecule has 0 aromatic carbocycles. The maximum Gasteiger partial charge on any atom is 0.227 e. The van der Waals surface area contributed by atoms with E-state index in [4.69, 9.17) is 23.2 Å². The number of nitrogens with one attached hydrogen (secondary N) is 1. The zero-order valence-corrected chi connectivity index (χ0v) is 12.7. The summed E-state index contributed by atoms with van der Waals surface area (Å²) in [6, 6.07) is 0. The molecule has 1 spiro atoms. The molecule has 0 saturated carbocycles. The standard InChI is InChI=1S/C14H17Cl2N3O/c15-11-6-17-7-12(16)10(11)8-19-5-3-14(9-19)2-1-4-18-13(14)20/h6-7H,1-5,8-9H2,(H,18,20). The highest BCUT2D eigenvalue weighted by molar-refractivity contribution is 6.35. The van der Waals surface area contributed by atoms with E-state index >= 15 is 0 Å². The lowest BCUT2D eigenvalue weighted by molar-refractivity contribution is -0.132. The SMILES string of the molecule is O=C1NCCCC12CCN(Cc1c(Cl)cncc1Cl)C2. The molecule has 3 rings (SSSR count). The average Bonchev–Trinajstić information content (AvgIpc) is 2.82. The summed E-state index contributed by atoms with van der Waals surface area (Å²) in [6.07, 6.45) is 6.19. The van der Waals surface area contributed by atoms with Crippen molar-refractivity contribution in [1.82, 2.24) is 15.2 Å². The molecular weight excluding hydrogens is 297 g/mol. The molecule has 1 aromatic rings. The van der Waals surface area contributed by atoms with Crippen LogP contribution in [0.3, 0.4) is 0 Å². The highest BCUT2D eigenvalue weighted by atomic mass is 35.5. The number of amides is 1. The van der Waals surface area contributed by atoms with E-state index in [1.165, 1.54) is 0 Å². The summed E-state index contributed by atoms with van der Waals surface area (Å²) >= 11 is 12.3. The second-order valence-corrected chi connectivity index (χ2v) is 6.50. The molecule has 1 aromatic heterocycles. The molecule has 1 amide bonds. The maximum absolute atomic E-state index is 12.2. The van der Waals surface area contributed by atoms with Crippen molar-refractivity contribution in [2.45, 2.75) is 25.8 Å². The third kappa shape index (κ3) is 2.52. The Labute approximate surface area is 128 Å². The van der Waals surface area contributed by atoms with E-state index in [9.17, 15) is 4.79 Å². The fourth-order valence-corrected chi connectivity index (χ4v) is 3.71. The van der Waals surface area contributed by atoms with Crippen LogP contribution in [0.1, 0.15) is 24.8 Å². The lowest BCUT2D eigenvalue weighted by Crippen LogP contribution is -2.47. The van der Waals surface area contributed by atoms with E-state index in [0.717, 1.165) is 44.5 Å². The number of carbonyl (C=O) groups excluding carboxylic acids is 1. The molecule has 2 aliphatic rings. The molecule has 2 saturated heterocycles. The first-order valence-corrected chi connectivity index (χ1v) is 7.65. The van der Waals surface area contributed by atoms with E-state index in [-0.39, 0.29) is 11.3 Å². The van der Waals surface area contributed by atoms with Crippen LogP contribution in [0.25, 0.3) is 0 Å². The van der Waals surface area contributed by atoms with Crippen LogP contribution in [0, 0.1) is 5.41 Å².